The lowest BCUT2D eigenvalue weighted by atomic mass is 10.1. The Morgan fingerprint density at radius 3 is 2.95 bits per heavy atom. The van der Waals surface area contributed by atoms with E-state index in [0.29, 0.717) is 0 Å². The van der Waals surface area contributed by atoms with Gasteiger partial charge in [-0.15, -0.1) is 0 Å². The first-order valence-corrected chi connectivity index (χ1v) is 7.59. The summed E-state index contributed by atoms with van der Waals surface area (Å²) in [4.78, 5) is 8.72. The van der Waals surface area contributed by atoms with E-state index in [1.54, 1.807) is 19.5 Å². The van der Waals surface area contributed by atoms with Crippen molar-refractivity contribution < 1.29 is 4.74 Å². The average molecular weight is 298 g/mol. The summed E-state index contributed by atoms with van der Waals surface area (Å²) < 4.78 is 5.27. The van der Waals surface area contributed by atoms with Crippen LogP contribution in [0.2, 0.25) is 0 Å². The Kier molecular flexibility index (Phi) is 3.87. The van der Waals surface area contributed by atoms with Crippen molar-refractivity contribution in [2.45, 2.75) is 5.16 Å². The molecule has 0 amide bonds. The van der Waals surface area contributed by atoms with E-state index in [9.17, 15) is 0 Å². The van der Waals surface area contributed by atoms with Gasteiger partial charge in [0, 0.05) is 17.3 Å². The first-order valence-electron chi connectivity index (χ1n) is 6.37. The van der Waals surface area contributed by atoms with Crippen molar-refractivity contribution in [2.75, 3.05) is 13.4 Å². The molecule has 0 radical (unpaired) electrons. The van der Waals surface area contributed by atoms with Crippen LogP contribution in [-0.4, -0.2) is 33.5 Å². The Morgan fingerprint density at radius 2 is 2.14 bits per heavy atom. The minimum atomic E-state index is 0.741. The van der Waals surface area contributed by atoms with Crippen LogP contribution < -0.4 is 4.74 Å². The topological polar surface area (TPSA) is 63.7 Å². The molecule has 0 unspecified atom stereocenters. The van der Waals surface area contributed by atoms with Crippen LogP contribution in [0.5, 0.6) is 5.75 Å². The van der Waals surface area contributed by atoms with E-state index in [2.05, 4.69) is 20.2 Å². The maximum absolute atomic E-state index is 5.27. The standard InChI is InChI=1S/C15H14N4OS/c1-20-11-5-3-4-10(8-11)14-12(9-17-19-14)13-6-7-16-15(18-13)21-2/h3-9H,1-2H3,(H,17,19). The molecule has 0 aliphatic rings. The second-order valence-electron chi connectivity index (χ2n) is 4.32. The Bertz CT molecular complexity index is 695. The summed E-state index contributed by atoms with van der Waals surface area (Å²) in [5.41, 5.74) is 3.72. The van der Waals surface area contributed by atoms with Gasteiger partial charge >= 0.3 is 0 Å². The van der Waals surface area contributed by atoms with Gasteiger partial charge in [0.05, 0.1) is 24.7 Å². The van der Waals surface area contributed by atoms with E-state index in [1.165, 1.54) is 11.8 Å². The molecule has 2 heterocycles. The number of methoxy groups -OCH3 is 1. The molecule has 0 bridgehead atoms. The molecule has 0 fully saturated rings. The van der Waals surface area contributed by atoms with E-state index >= 15 is 0 Å². The second-order valence-corrected chi connectivity index (χ2v) is 5.09. The van der Waals surface area contributed by atoms with Crippen LogP contribution in [0.3, 0.4) is 0 Å². The molecule has 0 saturated carbocycles. The zero-order valence-corrected chi connectivity index (χ0v) is 12.5. The number of nitrogens with zero attached hydrogens (tertiary/aromatic N) is 3. The molecule has 0 aliphatic heterocycles. The first kappa shape index (κ1) is 13.6. The Labute approximate surface area is 126 Å². The first-order chi connectivity index (χ1) is 10.3. The van der Waals surface area contributed by atoms with Gasteiger partial charge in [0.2, 0.25) is 0 Å². The van der Waals surface area contributed by atoms with E-state index in [0.717, 1.165) is 33.4 Å². The van der Waals surface area contributed by atoms with E-state index in [1.807, 2.05) is 36.6 Å². The second kappa shape index (κ2) is 5.97. The summed E-state index contributed by atoms with van der Waals surface area (Å²) in [7, 11) is 1.65. The van der Waals surface area contributed by atoms with Crippen LogP contribution in [0.4, 0.5) is 0 Å². The number of thioether (sulfide) groups is 1. The number of rotatable bonds is 4. The van der Waals surface area contributed by atoms with E-state index in [4.69, 9.17) is 4.74 Å². The fraction of sp³-hybridized carbons (Fsp3) is 0.133. The highest BCUT2D eigenvalue weighted by Crippen LogP contribution is 2.31. The normalized spacial score (nSPS) is 10.6. The zero-order valence-electron chi connectivity index (χ0n) is 11.7. The number of aromatic nitrogens is 4. The third-order valence-corrected chi connectivity index (χ3v) is 3.65. The van der Waals surface area contributed by atoms with Gasteiger partial charge in [0.25, 0.3) is 0 Å². The molecule has 21 heavy (non-hydrogen) atoms. The molecule has 1 aromatic carbocycles. The summed E-state index contributed by atoms with van der Waals surface area (Å²) in [5.74, 6) is 0.806. The van der Waals surface area contributed by atoms with Crippen LogP contribution >= 0.6 is 11.8 Å². The molecule has 0 saturated heterocycles. The molecular weight excluding hydrogens is 284 g/mol. The maximum atomic E-state index is 5.27. The van der Waals surface area contributed by atoms with Crippen LogP contribution in [0.25, 0.3) is 22.5 Å². The molecule has 3 rings (SSSR count). The third-order valence-electron chi connectivity index (χ3n) is 3.09. The van der Waals surface area contributed by atoms with Crippen molar-refractivity contribution in [3.8, 4) is 28.3 Å². The minimum Gasteiger partial charge on any atom is -0.497 e. The quantitative estimate of drug-likeness (QED) is 0.591. The van der Waals surface area contributed by atoms with Crippen molar-refractivity contribution >= 4 is 11.8 Å². The highest BCUT2D eigenvalue weighted by Gasteiger charge is 2.12. The molecule has 6 heteroatoms. The van der Waals surface area contributed by atoms with Crippen LogP contribution in [-0.2, 0) is 0 Å². The summed E-state index contributed by atoms with van der Waals surface area (Å²) in [6, 6.07) is 9.72. The fourth-order valence-corrected chi connectivity index (χ4v) is 2.42. The lowest BCUT2D eigenvalue weighted by molar-refractivity contribution is 0.415. The van der Waals surface area contributed by atoms with E-state index < -0.39 is 0 Å². The molecule has 1 N–H and O–H groups in total. The highest BCUT2D eigenvalue weighted by atomic mass is 32.2. The number of hydrogen-bond acceptors (Lipinski definition) is 5. The van der Waals surface area contributed by atoms with Crippen molar-refractivity contribution in [3.05, 3.63) is 42.7 Å². The highest BCUT2D eigenvalue weighted by molar-refractivity contribution is 7.98. The Hall–Kier alpha value is -2.34. The summed E-state index contributed by atoms with van der Waals surface area (Å²) in [6.45, 7) is 0. The minimum absolute atomic E-state index is 0.741. The van der Waals surface area contributed by atoms with Gasteiger partial charge in [0.1, 0.15) is 5.75 Å². The van der Waals surface area contributed by atoms with Crippen molar-refractivity contribution in [1.82, 2.24) is 20.2 Å². The Morgan fingerprint density at radius 1 is 1.24 bits per heavy atom. The molecule has 0 aliphatic carbocycles. The molecule has 0 atom stereocenters. The van der Waals surface area contributed by atoms with Crippen LogP contribution in [0, 0.1) is 0 Å². The lowest BCUT2D eigenvalue weighted by Crippen LogP contribution is -1.90. The number of aromatic amines is 1. The predicted molar refractivity (Wildman–Crippen MR) is 83.4 cm³/mol. The molecule has 106 valence electrons. The van der Waals surface area contributed by atoms with Gasteiger partial charge < -0.3 is 4.74 Å². The maximum Gasteiger partial charge on any atom is 0.187 e. The number of H-pyrrole nitrogens is 1. The number of benzene rings is 1. The predicted octanol–water partition coefficient (Wildman–Crippen LogP) is 3.26. The van der Waals surface area contributed by atoms with Crippen molar-refractivity contribution in [3.63, 3.8) is 0 Å². The Balaban J connectivity index is 2.07. The van der Waals surface area contributed by atoms with Gasteiger partial charge in [-0.3, -0.25) is 5.10 Å². The van der Waals surface area contributed by atoms with Crippen LogP contribution in [0.15, 0.2) is 47.9 Å². The van der Waals surface area contributed by atoms with Crippen molar-refractivity contribution in [1.29, 1.82) is 0 Å². The van der Waals surface area contributed by atoms with Gasteiger partial charge in [0.15, 0.2) is 5.16 Å². The average Bonchev–Trinajstić information content (AvgIpc) is 3.04. The van der Waals surface area contributed by atoms with Crippen LogP contribution in [0.1, 0.15) is 0 Å². The largest absolute Gasteiger partial charge is 0.497 e. The summed E-state index contributed by atoms with van der Waals surface area (Å²) >= 11 is 1.52. The molecule has 2 aromatic heterocycles. The lowest BCUT2D eigenvalue weighted by Gasteiger charge is -2.06. The monoisotopic (exact) mass is 298 g/mol. The summed E-state index contributed by atoms with van der Waals surface area (Å²) in [6.07, 6.45) is 5.50. The number of hydrogen-bond donors (Lipinski definition) is 1. The molecule has 5 nitrogen and oxygen atoms in total. The molecular formula is C15H14N4OS. The van der Waals surface area contributed by atoms with Gasteiger partial charge in [-0.05, 0) is 24.5 Å². The van der Waals surface area contributed by atoms with Crippen molar-refractivity contribution in [2.24, 2.45) is 0 Å². The SMILES string of the molecule is COc1cccc(-c2[nH]ncc2-c2ccnc(SC)n2)c1. The number of nitrogens with one attached hydrogen (secondary N) is 1. The molecule has 3 aromatic rings. The van der Waals surface area contributed by atoms with E-state index in [-0.39, 0.29) is 0 Å². The van der Waals surface area contributed by atoms with Gasteiger partial charge in [-0.1, -0.05) is 23.9 Å². The fourth-order valence-electron chi connectivity index (χ4n) is 2.07. The van der Waals surface area contributed by atoms with Gasteiger partial charge in [-0.2, -0.15) is 5.10 Å². The zero-order chi connectivity index (χ0) is 14.7. The smallest absolute Gasteiger partial charge is 0.187 e. The molecule has 0 spiro atoms. The third kappa shape index (κ3) is 2.75. The summed E-state index contributed by atoms with van der Waals surface area (Å²) in [5, 5.41) is 7.93. The number of ether oxygens (including phenoxy) is 1. The van der Waals surface area contributed by atoms with Gasteiger partial charge in [-0.25, -0.2) is 9.97 Å².